The van der Waals surface area contributed by atoms with E-state index < -0.39 is 0 Å². The molecule has 142 valence electrons. The summed E-state index contributed by atoms with van der Waals surface area (Å²) in [4.78, 5) is 23.7. The number of ether oxygens (including phenoxy) is 1. The summed E-state index contributed by atoms with van der Waals surface area (Å²) < 4.78 is 7.34. The van der Waals surface area contributed by atoms with E-state index in [4.69, 9.17) is 4.74 Å². The molecule has 1 aliphatic rings. The van der Waals surface area contributed by atoms with Crippen molar-refractivity contribution in [3.63, 3.8) is 0 Å². The van der Waals surface area contributed by atoms with Crippen LogP contribution in [0.3, 0.4) is 0 Å². The third-order valence-corrected chi connectivity index (χ3v) is 4.50. The molecule has 7 nitrogen and oxygen atoms in total. The van der Waals surface area contributed by atoms with Gasteiger partial charge in [-0.3, -0.25) is 9.59 Å². The normalized spacial score (nSPS) is 12.8. The van der Waals surface area contributed by atoms with E-state index in [0.29, 0.717) is 31.0 Å². The molecule has 2 aromatic carbocycles. The smallest absolute Gasteiger partial charge is 0.263 e. The first-order valence-corrected chi connectivity index (χ1v) is 9.08. The van der Waals surface area contributed by atoms with Crippen LogP contribution in [0.25, 0.3) is 0 Å². The van der Waals surface area contributed by atoms with Crippen LogP contribution < -0.4 is 15.4 Å². The lowest BCUT2D eigenvalue weighted by atomic mass is 10.0. The highest BCUT2D eigenvalue weighted by Gasteiger charge is 2.15. The molecular formula is C21H20N4O3. The molecule has 1 aliphatic heterocycles. The molecule has 0 saturated heterocycles. The zero-order chi connectivity index (χ0) is 19.3. The van der Waals surface area contributed by atoms with Gasteiger partial charge in [0.25, 0.3) is 5.91 Å². The molecule has 0 aliphatic carbocycles. The number of carbonyl (C=O) groups excluding carboxylic acids is 2. The summed E-state index contributed by atoms with van der Waals surface area (Å²) in [6, 6.07) is 17.1. The Balaban J connectivity index is 1.34. The van der Waals surface area contributed by atoms with E-state index in [9.17, 15) is 9.59 Å². The summed E-state index contributed by atoms with van der Waals surface area (Å²) in [6.45, 7) is 0.461. The van der Waals surface area contributed by atoms with Crippen LogP contribution in [-0.2, 0) is 22.6 Å². The predicted molar refractivity (Wildman–Crippen MR) is 105 cm³/mol. The maximum atomic E-state index is 12.3. The van der Waals surface area contributed by atoms with E-state index in [1.165, 1.54) is 0 Å². The van der Waals surface area contributed by atoms with Gasteiger partial charge in [0.1, 0.15) is 11.6 Å². The predicted octanol–water partition coefficient (Wildman–Crippen LogP) is 2.83. The van der Waals surface area contributed by atoms with Crippen molar-refractivity contribution in [2.45, 2.75) is 19.4 Å². The maximum absolute atomic E-state index is 12.3. The Morgan fingerprint density at radius 3 is 2.86 bits per heavy atom. The van der Waals surface area contributed by atoms with Crippen LogP contribution >= 0.6 is 0 Å². The number of amides is 2. The lowest BCUT2D eigenvalue weighted by Crippen LogP contribution is -2.22. The number of hydrogen-bond acceptors (Lipinski definition) is 4. The zero-order valence-electron chi connectivity index (χ0n) is 15.2. The van der Waals surface area contributed by atoms with E-state index in [1.807, 2.05) is 36.4 Å². The zero-order valence-corrected chi connectivity index (χ0v) is 15.2. The van der Waals surface area contributed by atoms with Gasteiger partial charge in [0.15, 0.2) is 6.61 Å². The quantitative estimate of drug-likeness (QED) is 0.693. The first kappa shape index (κ1) is 17.8. The molecule has 0 spiro atoms. The Morgan fingerprint density at radius 1 is 1.14 bits per heavy atom. The monoisotopic (exact) mass is 376 g/mol. The van der Waals surface area contributed by atoms with E-state index >= 15 is 0 Å². The summed E-state index contributed by atoms with van der Waals surface area (Å²) >= 11 is 0. The molecule has 0 radical (unpaired) electrons. The molecule has 4 rings (SSSR count). The Morgan fingerprint density at radius 2 is 2.00 bits per heavy atom. The average molecular weight is 376 g/mol. The number of anilines is 2. The number of aryl methyl sites for hydroxylation is 1. The number of fused-ring (bicyclic) bond motifs is 1. The highest BCUT2D eigenvalue weighted by Crippen LogP contribution is 2.26. The summed E-state index contributed by atoms with van der Waals surface area (Å²) in [5.74, 6) is 0.974. The lowest BCUT2D eigenvalue weighted by molar-refractivity contribution is -0.118. The fourth-order valence-electron chi connectivity index (χ4n) is 3.10. The van der Waals surface area contributed by atoms with Gasteiger partial charge < -0.3 is 15.4 Å². The summed E-state index contributed by atoms with van der Waals surface area (Å²) in [6.07, 6.45) is 2.78. The van der Waals surface area contributed by atoms with Crippen LogP contribution in [-0.4, -0.2) is 28.2 Å². The number of hydrogen-bond donors (Lipinski definition) is 2. The van der Waals surface area contributed by atoms with Crippen molar-refractivity contribution >= 4 is 23.3 Å². The minimum atomic E-state index is -0.263. The second-order valence-corrected chi connectivity index (χ2v) is 6.56. The van der Waals surface area contributed by atoms with E-state index in [-0.39, 0.29) is 18.4 Å². The molecule has 28 heavy (non-hydrogen) atoms. The van der Waals surface area contributed by atoms with E-state index in [0.717, 1.165) is 16.8 Å². The topological polar surface area (TPSA) is 85.2 Å². The van der Waals surface area contributed by atoms with Gasteiger partial charge in [-0.15, -0.1) is 0 Å². The second kappa shape index (κ2) is 7.96. The highest BCUT2D eigenvalue weighted by molar-refractivity contribution is 5.94. The summed E-state index contributed by atoms with van der Waals surface area (Å²) in [5.41, 5.74) is 2.91. The molecule has 2 amide bonds. The molecule has 7 heteroatoms. The number of aromatic nitrogens is 2. The van der Waals surface area contributed by atoms with Gasteiger partial charge in [-0.25, -0.2) is 4.68 Å². The minimum absolute atomic E-state index is 0.0210. The largest absolute Gasteiger partial charge is 0.484 e. The standard InChI is InChI=1S/C21H20N4O3/c26-20-9-6-16-12-17(7-8-18(16)23-20)28-14-21(27)24-19-10-11-22-25(19)13-15-4-2-1-3-5-15/h1-5,7-8,10-12H,6,9,13-14H2,(H,23,26)(H,24,27). The third-order valence-electron chi connectivity index (χ3n) is 4.50. The van der Waals surface area contributed by atoms with Crippen molar-refractivity contribution in [1.29, 1.82) is 0 Å². The molecule has 0 atom stereocenters. The van der Waals surface area contributed by atoms with E-state index in [1.54, 1.807) is 29.1 Å². The summed E-state index contributed by atoms with van der Waals surface area (Å²) in [7, 11) is 0. The molecule has 0 unspecified atom stereocenters. The van der Waals surface area contributed by atoms with Gasteiger partial charge in [0, 0.05) is 18.2 Å². The molecule has 0 saturated carbocycles. The molecule has 3 aromatic rings. The Labute approximate surface area is 162 Å². The van der Waals surface area contributed by atoms with Gasteiger partial charge in [0.2, 0.25) is 5.91 Å². The molecule has 2 N–H and O–H groups in total. The van der Waals surface area contributed by atoms with Crippen LogP contribution in [0, 0.1) is 0 Å². The van der Waals surface area contributed by atoms with Crippen molar-refractivity contribution in [1.82, 2.24) is 9.78 Å². The van der Waals surface area contributed by atoms with Gasteiger partial charge >= 0.3 is 0 Å². The number of nitrogens with zero attached hydrogens (tertiary/aromatic N) is 2. The van der Waals surface area contributed by atoms with Gasteiger partial charge in [-0.1, -0.05) is 30.3 Å². The second-order valence-electron chi connectivity index (χ2n) is 6.56. The van der Waals surface area contributed by atoms with Gasteiger partial charge in [-0.2, -0.15) is 5.10 Å². The Bertz CT molecular complexity index is 998. The van der Waals surface area contributed by atoms with Gasteiger partial charge in [0.05, 0.1) is 12.7 Å². The Kier molecular flexibility index (Phi) is 5.05. The van der Waals surface area contributed by atoms with Crippen molar-refractivity contribution in [3.8, 4) is 5.75 Å². The van der Waals surface area contributed by atoms with Crippen molar-refractivity contribution in [2.24, 2.45) is 0 Å². The lowest BCUT2D eigenvalue weighted by Gasteiger charge is -2.17. The fourth-order valence-corrected chi connectivity index (χ4v) is 3.10. The van der Waals surface area contributed by atoms with Crippen LogP contribution in [0.2, 0.25) is 0 Å². The number of nitrogens with one attached hydrogen (secondary N) is 2. The average Bonchev–Trinajstić information content (AvgIpc) is 3.13. The number of benzene rings is 2. The van der Waals surface area contributed by atoms with Crippen LogP contribution in [0.15, 0.2) is 60.8 Å². The van der Waals surface area contributed by atoms with Crippen molar-refractivity contribution < 1.29 is 14.3 Å². The maximum Gasteiger partial charge on any atom is 0.263 e. The van der Waals surface area contributed by atoms with Gasteiger partial charge in [-0.05, 0) is 35.7 Å². The number of carbonyl (C=O) groups is 2. The van der Waals surface area contributed by atoms with Crippen LogP contribution in [0.1, 0.15) is 17.5 Å². The third kappa shape index (κ3) is 4.20. The first-order chi connectivity index (χ1) is 13.7. The fraction of sp³-hybridized carbons (Fsp3) is 0.190. The minimum Gasteiger partial charge on any atom is -0.484 e. The van der Waals surface area contributed by atoms with Crippen molar-refractivity contribution in [2.75, 3.05) is 17.2 Å². The van der Waals surface area contributed by atoms with Crippen molar-refractivity contribution in [3.05, 3.63) is 71.9 Å². The molecule has 1 aromatic heterocycles. The molecule has 0 fully saturated rings. The van der Waals surface area contributed by atoms with E-state index in [2.05, 4.69) is 15.7 Å². The Hall–Kier alpha value is -3.61. The first-order valence-electron chi connectivity index (χ1n) is 9.08. The number of rotatable bonds is 6. The molecule has 0 bridgehead atoms. The molecule has 2 heterocycles. The van der Waals surface area contributed by atoms with Crippen LogP contribution in [0.4, 0.5) is 11.5 Å². The molecular weight excluding hydrogens is 356 g/mol. The summed E-state index contributed by atoms with van der Waals surface area (Å²) in [5, 5.41) is 9.92. The highest BCUT2D eigenvalue weighted by atomic mass is 16.5. The SMILES string of the molecule is O=C1CCc2cc(OCC(=O)Nc3ccnn3Cc3ccccc3)ccc2N1. The van der Waals surface area contributed by atoms with Crippen LogP contribution in [0.5, 0.6) is 5.75 Å².